The summed E-state index contributed by atoms with van der Waals surface area (Å²) in [7, 11) is 0. The standard InChI is InChI=1S/C16H16N10O/c1-10(12-8-20-26(11(12)2)14-5-3-4-6-17-14)21-16(27)13-7-18-22-15(13)25-9-19-23-24-25/h3-10H,1-2H3,(H,18,22)(H,21,27)/t10-/m0/s1. The Kier molecular flexibility index (Phi) is 4.16. The first-order chi connectivity index (χ1) is 13.1. The highest BCUT2D eigenvalue weighted by atomic mass is 16.1. The van der Waals surface area contributed by atoms with E-state index < -0.39 is 0 Å². The minimum atomic E-state index is -0.299. The molecule has 4 rings (SSSR count). The average molecular weight is 364 g/mol. The fourth-order valence-electron chi connectivity index (χ4n) is 2.79. The van der Waals surface area contributed by atoms with Gasteiger partial charge < -0.3 is 5.32 Å². The van der Waals surface area contributed by atoms with Crippen molar-refractivity contribution < 1.29 is 4.79 Å². The highest BCUT2D eigenvalue weighted by Crippen LogP contribution is 2.20. The van der Waals surface area contributed by atoms with Crippen molar-refractivity contribution in [3.63, 3.8) is 0 Å². The van der Waals surface area contributed by atoms with Crippen molar-refractivity contribution in [3.8, 4) is 11.6 Å². The molecule has 4 aromatic heterocycles. The van der Waals surface area contributed by atoms with E-state index in [0.29, 0.717) is 11.4 Å². The summed E-state index contributed by atoms with van der Waals surface area (Å²) in [5.41, 5.74) is 2.12. The van der Waals surface area contributed by atoms with E-state index in [1.165, 1.54) is 17.2 Å². The Morgan fingerprint density at radius 2 is 2.19 bits per heavy atom. The molecule has 1 amide bonds. The van der Waals surface area contributed by atoms with Crippen molar-refractivity contribution >= 4 is 5.91 Å². The highest BCUT2D eigenvalue weighted by molar-refractivity contribution is 5.97. The zero-order chi connectivity index (χ0) is 18.8. The zero-order valence-corrected chi connectivity index (χ0v) is 14.6. The Bertz CT molecular complexity index is 1050. The molecule has 0 aliphatic rings. The number of carbonyl (C=O) groups excluding carboxylic acids is 1. The van der Waals surface area contributed by atoms with Gasteiger partial charge in [0.05, 0.1) is 18.4 Å². The number of carbonyl (C=O) groups is 1. The molecule has 0 bridgehead atoms. The highest BCUT2D eigenvalue weighted by Gasteiger charge is 2.21. The average Bonchev–Trinajstić information content (AvgIpc) is 3.42. The number of rotatable bonds is 5. The smallest absolute Gasteiger partial charge is 0.257 e. The van der Waals surface area contributed by atoms with Crippen molar-refractivity contribution in [1.82, 2.24) is 50.5 Å². The van der Waals surface area contributed by atoms with Crippen molar-refractivity contribution in [3.05, 3.63) is 59.9 Å². The second kappa shape index (κ2) is 6.78. The van der Waals surface area contributed by atoms with E-state index in [0.717, 1.165) is 17.1 Å². The minimum absolute atomic E-state index is 0.272. The second-order valence-corrected chi connectivity index (χ2v) is 5.87. The van der Waals surface area contributed by atoms with Crippen molar-refractivity contribution in [2.24, 2.45) is 0 Å². The van der Waals surface area contributed by atoms with E-state index in [1.54, 1.807) is 17.1 Å². The van der Waals surface area contributed by atoms with Gasteiger partial charge in [0, 0.05) is 17.5 Å². The van der Waals surface area contributed by atoms with E-state index in [2.05, 4.69) is 41.1 Å². The minimum Gasteiger partial charge on any atom is -0.345 e. The number of hydrogen-bond donors (Lipinski definition) is 2. The first-order valence-corrected chi connectivity index (χ1v) is 8.18. The van der Waals surface area contributed by atoms with Crippen LogP contribution in [0.5, 0.6) is 0 Å². The van der Waals surface area contributed by atoms with Gasteiger partial charge in [-0.3, -0.25) is 9.89 Å². The molecule has 1 atom stereocenters. The summed E-state index contributed by atoms with van der Waals surface area (Å²) < 4.78 is 3.08. The Balaban J connectivity index is 1.55. The van der Waals surface area contributed by atoms with Crippen LogP contribution in [0, 0.1) is 6.92 Å². The Hall–Kier alpha value is -3.89. The quantitative estimate of drug-likeness (QED) is 0.534. The third kappa shape index (κ3) is 3.05. The topological polar surface area (TPSA) is 132 Å². The van der Waals surface area contributed by atoms with E-state index in [1.807, 2.05) is 32.0 Å². The number of hydrogen-bond acceptors (Lipinski definition) is 7. The monoisotopic (exact) mass is 364 g/mol. The van der Waals surface area contributed by atoms with Crippen molar-refractivity contribution in [1.29, 1.82) is 0 Å². The van der Waals surface area contributed by atoms with Gasteiger partial charge in [0.1, 0.15) is 11.9 Å². The van der Waals surface area contributed by atoms with Gasteiger partial charge in [-0.25, -0.2) is 9.67 Å². The first kappa shape index (κ1) is 16.6. The lowest BCUT2D eigenvalue weighted by molar-refractivity contribution is 0.0939. The van der Waals surface area contributed by atoms with Crippen LogP contribution in [0.25, 0.3) is 11.6 Å². The Labute approximate surface area is 153 Å². The van der Waals surface area contributed by atoms with Crippen LogP contribution in [0.3, 0.4) is 0 Å². The fraction of sp³-hybridized carbons (Fsp3) is 0.188. The fourth-order valence-corrected chi connectivity index (χ4v) is 2.79. The van der Waals surface area contributed by atoms with E-state index in [-0.39, 0.29) is 11.9 Å². The van der Waals surface area contributed by atoms with Crippen LogP contribution in [-0.4, -0.2) is 51.1 Å². The number of H-pyrrole nitrogens is 1. The number of pyridine rings is 1. The molecule has 0 saturated heterocycles. The van der Waals surface area contributed by atoms with Crippen LogP contribution in [0.1, 0.15) is 34.6 Å². The van der Waals surface area contributed by atoms with Crippen molar-refractivity contribution in [2.75, 3.05) is 0 Å². The molecular weight excluding hydrogens is 348 g/mol. The maximum atomic E-state index is 12.7. The van der Waals surface area contributed by atoms with Crippen LogP contribution < -0.4 is 5.32 Å². The molecule has 0 fully saturated rings. The second-order valence-electron chi connectivity index (χ2n) is 5.87. The molecule has 0 aromatic carbocycles. The molecule has 0 aliphatic heterocycles. The summed E-state index contributed by atoms with van der Waals surface area (Å²) in [5.74, 6) is 0.813. The molecule has 136 valence electrons. The summed E-state index contributed by atoms with van der Waals surface area (Å²) in [5, 5.41) is 24.9. The summed E-state index contributed by atoms with van der Waals surface area (Å²) in [6, 6.07) is 5.34. The molecule has 0 radical (unpaired) electrons. The van der Waals surface area contributed by atoms with Gasteiger partial charge in [0.15, 0.2) is 11.6 Å². The lowest BCUT2D eigenvalue weighted by Crippen LogP contribution is -2.27. The summed E-state index contributed by atoms with van der Waals surface area (Å²) in [4.78, 5) is 17.0. The van der Waals surface area contributed by atoms with Crippen LogP contribution in [-0.2, 0) is 0 Å². The Morgan fingerprint density at radius 1 is 1.30 bits per heavy atom. The lowest BCUT2D eigenvalue weighted by atomic mass is 10.1. The predicted molar refractivity (Wildman–Crippen MR) is 93.3 cm³/mol. The Morgan fingerprint density at radius 3 is 2.93 bits per heavy atom. The van der Waals surface area contributed by atoms with Gasteiger partial charge in [0.2, 0.25) is 0 Å². The third-order valence-electron chi connectivity index (χ3n) is 4.17. The van der Waals surface area contributed by atoms with E-state index in [9.17, 15) is 4.79 Å². The molecule has 4 aromatic rings. The normalized spacial score (nSPS) is 12.1. The van der Waals surface area contributed by atoms with E-state index >= 15 is 0 Å². The number of aromatic nitrogens is 9. The molecule has 0 unspecified atom stereocenters. The number of tetrazole rings is 1. The molecule has 0 saturated carbocycles. The third-order valence-corrected chi connectivity index (χ3v) is 4.17. The lowest BCUT2D eigenvalue weighted by Gasteiger charge is -2.14. The summed E-state index contributed by atoms with van der Waals surface area (Å²) in [6.07, 6.45) is 6.26. The molecule has 11 nitrogen and oxygen atoms in total. The van der Waals surface area contributed by atoms with Gasteiger partial charge in [-0.1, -0.05) is 6.07 Å². The number of aromatic amines is 1. The first-order valence-electron chi connectivity index (χ1n) is 8.18. The van der Waals surface area contributed by atoms with Gasteiger partial charge in [0.25, 0.3) is 5.91 Å². The van der Waals surface area contributed by atoms with Crippen LogP contribution in [0.2, 0.25) is 0 Å². The van der Waals surface area contributed by atoms with Crippen LogP contribution in [0.4, 0.5) is 0 Å². The molecule has 4 heterocycles. The van der Waals surface area contributed by atoms with Crippen LogP contribution in [0.15, 0.2) is 43.1 Å². The molecule has 2 N–H and O–H groups in total. The number of nitrogens with zero attached hydrogens (tertiary/aromatic N) is 8. The molecule has 27 heavy (non-hydrogen) atoms. The summed E-state index contributed by atoms with van der Waals surface area (Å²) in [6.45, 7) is 3.82. The predicted octanol–water partition coefficient (Wildman–Crippen LogP) is 0.766. The molecule has 11 heteroatoms. The van der Waals surface area contributed by atoms with Crippen molar-refractivity contribution in [2.45, 2.75) is 19.9 Å². The molecular formula is C16H16N10O. The van der Waals surface area contributed by atoms with Gasteiger partial charge in [-0.2, -0.15) is 14.9 Å². The molecule has 0 spiro atoms. The molecule has 0 aliphatic carbocycles. The van der Waals surface area contributed by atoms with Gasteiger partial charge in [-0.05, 0) is 36.4 Å². The van der Waals surface area contributed by atoms with Crippen LogP contribution >= 0.6 is 0 Å². The maximum Gasteiger partial charge on any atom is 0.257 e. The van der Waals surface area contributed by atoms with E-state index in [4.69, 9.17) is 0 Å². The SMILES string of the molecule is Cc1c([C@H](C)NC(=O)c2cn[nH]c2-n2cnnn2)cnn1-c1ccccn1. The largest absolute Gasteiger partial charge is 0.345 e. The van der Waals surface area contributed by atoms with Gasteiger partial charge in [-0.15, -0.1) is 5.10 Å². The number of amides is 1. The summed E-state index contributed by atoms with van der Waals surface area (Å²) >= 11 is 0. The number of nitrogens with one attached hydrogen (secondary N) is 2. The van der Waals surface area contributed by atoms with Gasteiger partial charge >= 0.3 is 0 Å². The maximum absolute atomic E-state index is 12.7. The zero-order valence-electron chi connectivity index (χ0n) is 14.6.